The summed E-state index contributed by atoms with van der Waals surface area (Å²) in [5.41, 5.74) is 0.975. The first-order valence-electron chi connectivity index (χ1n) is 9.39. The molecule has 0 radical (unpaired) electrons. The summed E-state index contributed by atoms with van der Waals surface area (Å²) in [5, 5.41) is 11.8. The molecule has 0 bridgehead atoms. The summed E-state index contributed by atoms with van der Waals surface area (Å²) in [6, 6.07) is 14.8. The van der Waals surface area contributed by atoms with Crippen LogP contribution in [0.2, 0.25) is 0 Å². The topological polar surface area (TPSA) is 90.3 Å². The molecule has 1 aliphatic rings. The van der Waals surface area contributed by atoms with Gasteiger partial charge in [0, 0.05) is 18.2 Å². The van der Waals surface area contributed by atoms with Crippen molar-refractivity contribution in [2.24, 2.45) is 0 Å². The lowest BCUT2D eigenvalue weighted by Crippen LogP contribution is -2.43. The molecule has 7 heteroatoms. The zero-order valence-electron chi connectivity index (χ0n) is 15.8. The number of hydrogen-bond acceptors (Lipinski definition) is 4. The second-order valence-corrected chi connectivity index (χ2v) is 8.70. The van der Waals surface area contributed by atoms with E-state index in [1.54, 1.807) is 40.7 Å². The van der Waals surface area contributed by atoms with Gasteiger partial charge in [-0.25, -0.2) is 8.42 Å². The quantitative estimate of drug-likeness (QED) is 0.832. The molecular formula is C21H23N3O3S. The molecule has 0 aromatic heterocycles. The maximum absolute atomic E-state index is 13.1. The van der Waals surface area contributed by atoms with Gasteiger partial charge in [-0.3, -0.25) is 4.79 Å². The predicted molar refractivity (Wildman–Crippen MR) is 107 cm³/mol. The van der Waals surface area contributed by atoms with Crippen molar-refractivity contribution in [3.05, 3.63) is 59.7 Å². The SMILES string of the molecule is CCC1CCCCN1S(=O)(=O)c1cccc(C(=O)Nc2ccccc2C#N)c1. The molecule has 2 aromatic carbocycles. The van der Waals surface area contributed by atoms with Crippen LogP contribution < -0.4 is 5.32 Å². The summed E-state index contributed by atoms with van der Waals surface area (Å²) >= 11 is 0. The van der Waals surface area contributed by atoms with Crippen molar-refractivity contribution in [3.8, 4) is 6.07 Å². The number of carbonyl (C=O) groups is 1. The lowest BCUT2D eigenvalue weighted by molar-refractivity contribution is 0.102. The van der Waals surface area contributed by atoms with E-state index in [0.717, 1.165) is 25.7 Å². The molecule has 1 heterocycles. The predicted octanol–water partition coefficient (Wildman–Crippen LogP) is 3.76. The molecular weight excluding hydrogens is 374 g/mol. The van der Waals surface area contributed by atoms with Gasteiger partial charge in [0.05, 0.1) is 16.1 Å². The number of benzene rings is 2. The number of anilines is 1. The van der Waals surface area contributed by atoms with Crippen molar-refractivity contribution in [2.45, 2.75) is 43.5 Å². The number of nitriles is 1. The van der Waals surface area contributed by atoms with E-state index in [9.17, 15) is 13.2 Å². The summed E-state index contributed by atoms with van der Waals surface area (Å²) in [6.07, 6.45) is 3.51. The van der Waals surface area contributed by atoms with Crippen molar-refractivity contribution in [2.75, 3.05) is 11.9 Å². The first-order valence-corrected chi connectivity index (χ1v) is 10.8. The minimum absolute atomic E-state index is 0.00117. The number of sulfonamides is 1. The van der Waals surface area contributed by atoms with Gasteiger partial charge >= 0.3 is 0 Å². The van der Waals surface area contributed by atoms with Gasteiger partial charge in [0.25, 0.3) is 5.91 Å². The van der Waals surface area contributed by atoms with Crippen LogP contribution >= 0.6 is 0 Å². The van der Waals surface area contributed by atoms with Crippen molar-refractivity contribution < 1.29 is 13.2 Å². The van der Waals surface area contributed by atoms with E-state index >= 15 is 0 Å². The molecule has 1 aliphatic heterocycles. The second kappa shape index (κ2) is 8.55. The molecule has 28 heavy (non-hydrogen) atoms. The number of amides is 1. The molecule has 1 saturated heterocycles. The minimum Gasteiger partial charge on any atom is -0.321 e. The van der Waals surface area contributed by atoms with Gasteiger partial charge in [0.1, 0.15) is 6.07 Å². The Balaban J connectivity index is 1.87. The fraction of sp³-hybridized carbons (Fsp3) is 0.333. The van der Waals surface area contributed by atoms with Gasteiger partial charge in [-0.2, -0.15) is 9.57 Å². The number of hydrogen-bond donors (Lipinski definition) is 1. The molecule has 1 N–H and O–H groups in total. The standard InChI is InChI=1S/C21H23N3O3S/c1-2-18-10-5-6-13-24(18)28(26,27)19-11-7-9-16(14-19)21(25)23-20-12-4-3-8-17(20)15-22/h3-4,7-9,11-12,14,18H,2,5-6,10,13H2,1H3,(H,23,25). The molecule has 0 saturated carbocycles. The summed E-state index contributed by atoms with van der Waals surface area (Å²) in [6.45, 7) is 2.50. The van der Waals surface area contributed by atoms with Crippen molar-refractivity contribution in [1.82, 2.24) is 4.31 Å². The largest absolute Gasteiger partial charge is 0.321 e. The Morgan fingerprint density at radius 2 is 2.00 bits per heavy atom. The summed E-state index contributed by atoms with van der Waals surface area (Å²) < 4.78 is 27.9. The highest BCUT2D eigenvalue weighted by molar-refractivity contribution is 7.89. The average molecular weight is 398 g/mol. The van der Waals surface area contributed by atoms with Gasteiger partial charge in [0.2, 0.25) is 10.0 Å². The Bertz CT molecular complexity index is 1010. The smallest absolute Gasteiger partial charge is 0.255 e. The molecule has 3 rings (SSSR count). The number of nitrogens with one attached hydrogen (secondary N) is 1. The number of para-hydroxylation sites is 1. The van der Waals surface area contributed by atoms with Gasteiger partial charge in [-0.1, -0.05) is 31.5 Å². The lowest BCUT2D eigenvalue weighted by atomic mass is 10.0. The second-order valence-electron chi connectivity index (χ2n) is 6.81. The maximum atomic E-state index is 13.1. The van der Waals surface area contributed by atoms with E-state index in [-0.39, 0.29) is 16.5 Å². The molecule has 1 fully saturated rings. The molecule has 0 spiro atoms. The Morgan fingerprint density at radius 3 is 2.75 bits per heavy atom. The summed E-state index contributed by atoms with van der Waals surface area (Å²) in [4.78, 5) is 12.7. The molecule has 0 aliphatic carbocycles. The zero-order chi connectivity index (χ0) is 20.1. The highest BCUT2D eigenvalue weighted by Gasteiger charge is 2.32. The number of rotatable bonds is 5. The van der Waals surface area contributed by atoms with E-state index in [0.29, 0.717) is 17.8 Å². The molecule has 146 valence electrons. The van der Waals surface area contributed by atoms with Crippen LogP contribution in [0.3, 0.4) is 0 Å². The molecule has 1 amide bonds. The highest BCUT2D eigenvalue weighted by Crippen LogP contribution is 2.27. The minimum atomic E-state index is -3.66. The highest BCUT2D eigenvalue weighted by atomic mass is 32.2. The van der Waals surface area contributed by atoms with Gasteiger partial charge in [0.15, 0.2) is 0 Å². The summed E-state index contributed by atoms with van der Waals surface area (Å²) in [7, 11) is -3.66. The zero-order valence-corrected chi connectivity index (χ0v) is 16.6. The van der Waals surface area contributed by atoms with Crippen LogP contribution in [-0.2, 0) is 10.0 Å². The average Bonchev–Trinajstić information content (AvgIpc) is 2.74. The first-order chi connectivity index (χ1) is 13.5. The normalized spacial score (nSPS) is 17.6. The maximum Gasteiger partial charge on any atom is 0.255 e. The Labute approximate surface area is 165 Å². The van der Waals surface area contributed by atoms with Crippen LogP contribution in [0.25, 0.3) is 0 Å². The van der Waals surface area contributed by atoms with Gasteiger partial charge < -0.3 is 5.32 Å². The van der Waals surface area contributed by atoms with Crippen LogP contribution in [0.5, 0.6) is 0 Å². The van der Waals surface area contributed by atoms with Crippen LogP contribution in [0, 0.1) is 11.3 Å². The number of piperidine rings is 1. The molecule has 6 nitrogen and oxygen atoms in total. The van der Waals surface area contributed by atoms with Crippen LogP contribution in [0.15, 0.2) is 53.4 Å². The van der Waals surface area contributed by atoms with Gasteiger partial charge in [-0.15, -0.1) is 0 Å². The molecule has 1 atom stereocenters. The fourth-order valence-corrected chi connectivity index (χ4v) is 5.33. The van der Waals surface area contributed by atoms with E-state index in [1.165, 1.54) is 12.1 Å². The lowest BCUT2D eigenvalue weighted by Gasteiger charge is -2.34. The number of nitrogens with zero attached hydrogens (tertiary/aromatic N) is 2. The summed E-state index contributed by atoms with van der Waals surface area (Å²) in [5.74, 6) is -0.453. The monoisotopic (exact) mass is 397 g/mol. The van der Waals surface area contributed by atoms with E-state index < -0.39 is 15.9 Å². The van der Waals surface area contributed by atoms with Crippen LogP contribution in [0.1, 0.15) is 48.5 Å². The van der Waals surface area contributed by atoms with Crippen LogP contribution in [0.4, 0.5) is 5.69 Å². The molecule has 2 aromatic rings. The fourth-order valence-electron chi connectivity index (χ4n) is 3.52. The third kappa shape index (κ3) is 4.08. The number of carbonyl (C=O) groups excluding carboxylic acids is 1. The van der Waals surface area contributed by atoms with E-state index in [1.807, 2.05) is 13.0 Å². The Hall–Kier alpha value is -2.69. The van der Waals surface area contributed by atoms with E-state index in [4.69, 9.17) is 5.26 Å². The van der Waals surface area contributed by atoms with Crippen molar-refractivity contribution >= 4 is 21.6 Å². The van der Waals surface area contributed by atoms with Crippen molar-refractivity contribution in [3.63, 3.8) is 0 Å². The Morgan fingerprint density at radius 1 is 1.21 bits per heavy atom. The molecule has 1 unspecified atom stereocenters. The Kier molecular flexibility index (Phi) is 6.12. The van der Waals surface area contributed by atoms with E-state index in [2.05, 4.69) is 5.32 Å². The third-order valence-electron chi connectivity index (χ3n) is 5.04. The van der Waals surface area contributed by atoms with Crippen LogP contribution in [-0.4, -0.2) is 31.2 Å². The van der Waals surface area contributed by atoms with Crippen molar-refractivity contribution in [1.29, 1.82) is 5.26 Å². The third-order valence-corrected chi connectivity index (χ3v) is 6.99. The first kappa shape index (κ1) is 20.1. The van der Waals surface area contributed by atoms with Gasteiger partial charge in [-0.05, 0) is 49.6 Å².